The Morgan fingerprint density at radius 1 is 0.452 bits per heavy atom. The van der Waals surface area contributed by atoms with Crippen LogP contribution in [0.1, 0.15) is 26.3 Å². The van der Waals surface area contributed by atoms with Gasteiger partial charge in [-0.15, -0.1) is 0 Å². The van der Waals surface area contributed by atoms with Gasteiger partial charge in [-0.2, -0.15) is 0 Å². The molecule has 6 rings (SSSR count). The van der Waals surface area contributed by atoms with Gasteiger partial charge in [0.2, 0.25) is 0 Å². The number of nitrogens with zero attached hydrogens (tertiary/aromatic N) is 1. The van der Waals surface area contributed by atoms with Crippen LogP contribution in [0.3, 0.4) is 0 Å². The average molecular weight is 609 g/mol. The number of para-hydroxylation sites is 1. The summed E-state index contributed by atoms with van der Waals surface area (Å²) in [5.41, 5.74) is 11.8. The molecule has 0 aliphatic carbocycles. The van der Waals surface area contributed by atoms with E-state index in [-0.39, 0.29) is 5.41 Å². The molecule has 0 spiro atoms. The van der Waals surface area contributed by atoms with Crippen molar-refractivity contribution in [1.29, 1.82) is 0 Å². The van der Waals surface area contributed by atoms with Crippen LogP contribution in [-0.4, -0.2) is 0 Å². The van der Waals surface area contributed by atoms with E-state index in [0.29, 0.717) is 0 Å². The molecule has 206 valence electrons. The molecule has 2 heteroatoms. The first kappa shape index (κ1) is 27.8. The van der Waals surface area contributed by atoms with Crippen LogP contribution >= 0.6 is 15.9 Å². The van der Waals surface area contributed by atoms with Gasteiger partial charge in [0.25, 0.3) is 0 Å². The molecule has 6 aromatic rings. The maximum atomic E-state index is 3.86. The fraction of sp³-hybridized carbons (Fsp3) is 0.100. The second kappa shape index (κ2) is 11.8. The lowest BCUT2D eigenvalue weighted by atomic mass is 9.86. The molecular formula is C40H34BrN. The van der Waals surface area contributed by atoms with Crippen LogP contribution in [-0.2, 0) is 5.41 Å². The SMILES string of the molecule is CC(C)(C)c1cc(Br)cc(N(c2ccc(-c3ccccc3)cc2)c2c(-c3ccccc3)cccc2-c2ccccc2)c1. The highest BCUT2D eigenvalue weighted by atomic mass is 79.9. The fourth-order valence-corrected chi connectivity index (χ4v) is 5.94. The molecule has 0 aliphatic rings. The topological polar surface area (TPSA) is 3.24 Å². The van der Waals surface area contributed by atoms with Gasteiger partial charge in [-0.05, 0) is 63.6 Å². The zero-order valence-electron chi connectivity index (χ0n) is 24.3. The Labute approximate surface area is 258 Å². The molecule has 0 amide bonds. The number of rotatable bonds is 6. The lowest BCUT2D eigenvalue weighted by Crippen LogP contribution is -2.16. The van der Waals surface area contributed by atoms with Gasteiger partial charge < -0.3 is 4.90 Å². The number of hydrogen-bond acceptors (Lipinski definition) is 1. The zero-order valence-corrected chi connectivity index (χ0v) is 25.8. The molecule has 42 heavy (non-hydrogen) atoms. The lowest BCUT2D eigenvalue weighted by Gasteiger charge is -2.32. The Hall–Kier alpha value is -4.40. The van der Waals surface area contributed by atoms with E-state index in [2.05, 4.69) is 193 Å². The Balaban J connectivity index is 1.65. The maximum absolute atomic E-state index is 3.86. The van der Waals surface area contributed by atoms with Gasteiger partial charge in [0.05, 0.1) is 5.69 Å². The summed E-state index contributed by atoms with van der Waals surface area (Å²) in [6.45, 7) is 6.81. The minimum absolute atomic E-state index is 0.0113. The van der Waals surface area contributed by atoms with E-state index in [0.717, 1.165) is 21.5 Å². The second-order valence-electron chi connectivity index (χ2n) is 11.6. The van der Waals surface area contributed by atoms with Gasteiger partial charge in [-0.3, -0.25) is 0 Å². The number of halogens is 1. The highest BCUT2D eigenvalue weighted by Gasteiger charge is 2.24. The smallest absolute Gasteiger partial charge is 0.0618 e. The van der Waals surface area contributed by atoms with Crippen molar-refractivity contribution in [2.45, 2.75) is 26.2 Å². The predicted octanol–water partition coefficient (Wildman–Crippen LogP) is 12.2. The van der Waals surface area contributed by atoms with E-state index in [1.54, 1.807) is 0 Å². The summed E-state index contributed by atoms with van der Waals surface area (Å²) >= 11 is 3.86. The minimum atomic E-state index is -0.0113. The molecule has 0 unspecified atom stereocenters. The second-order valence-corrected chi connectivity index (χ2v) is 12.5. The maximum Gasteiger partial charge on any atom is 0.0618 e. The molecule has 6 aromatic carbocycles. The molecule has 0 saturated heterocycles. The van der Waals surface area contributed by atoms with Gasteiger partial charge in [0.15, 0.2) is 0 Å². The number of hydrogen-bond donors (Lipinski definition) is 0. The monoisotopic (exact) mass is 607 g/mol. The number of anilines is 3. The van der Waals surface area contributed by atoms with Gasteiger partial charge in [0, 0.05) is 27.0 Å². The highest BCUT2D eigenvalue weighted by Crippen LogP contribution is 2.47. The third-order valence-corrected chi connectivity index (χ3v) is 8.13. The first-order valence-electron chi connectivity index (χ1n) is 14.4. The van der Waals surface area contributed by atoms with Crippen molar-refractivity contribution in [2.24, 2.45) is 0 Å². The highest BCUT2D eigenvalue weighted by molar-refractivity contribution is 9.10. The third-order valence-electron chi connectivity index (χ3n) is 7.67. The summed E-state index contributed by atoms with van der Waals surface area (Å²) in [4.78, 5) is 2.43. The Morgan fingerprint density at radius 3 is 1.43 bits per heavy atom. The van der Waals surface area contributed by atoms with Crippen LogP contribution in [0.5, 0.6) is 0 Å². The third kappa shape index (κ3) is 5.82. The van der Waals surface area contributed by atoms with Crippen LogP contribution in [0.25, 0.3) is 33.4 Å². The Morgan fingerprint density at radius 2 is 0.929 bits per heavy atom. The summed E-state index contributed by atoms with van der Waals surface area (Å²) in [5, 5.41) is 0. The fourth-order valence-electron chi connectivity index (χ4n) is 5.46. The van der Waals surface area contributed by atoms with Crippen molar-refractivity contribution in [3.8, 4) is 33.4 Å². The molecule has 0 N–H and O–H groups in total. The molecule has 0 fully saturated rings. The van der Waals surface area contributed by atoms with Crippen molar-refractivity contribution in [3.63, 3.8) is 0 Å². The molecule has 0 saturated carbocycles. The van der Waals surface area contributed by atoms with E-state index in [1.165, 1.54) is 38.9 Å². The largest absolute Gasteiger partial charge is 0.309 e. The van der Waals surface area contributed by atoms with Crippen LogP contribution < -0.4 is 4.90 Å². The Bertz CT molecular complexity index is 1730. The average Bonchev–Trinajstić information content (AvgIpc) is 3.02. The van der Waals surface area contributed by atoms with E-state index in [1.807, 2.05) is 0 Å². The van der Waals surface area contributed by atoms with Gasteiger partial charge in [-0.25, -0.2) is 0 Å². The van der Waals surface area contributed by atoms with Gasteiger partial charge >= 0.3 is 0 Å². The first-order chi connectivity index (χ1) is 20.4. The Kier molecular flexibility index (Phi) is 7.82. The van der Waals surface area contributed by atoms with E-state index in [4.69, 9.17) is 0 Å². The summed E-state index contributed by atoms with van der Waals surface area (Å²) in [7, 11) is 0. The van der Waals surface area contributed by atoms with Crippen molar-refractivity contribution in [1.82, 2.24) is 0 Å². The summed E-state index contributed by atoms with van der Waals surface area (Å²) < 4.78 is 1.06. The zero-order chi connectivity index (χ0) is 29.1. The van der Waals surface area contributed by atoms with Crippen molar-refractivity contribution in [3.05, 3.63) is 162 Å². The molecule has 0 bridgehead atoms. The molecule has 0 atom stereocenters. The van der Waals surface area contributed by atoms with E-state index < -0.39 is 0 Å². The first-order valence-corrected chi connectivity index (χ1v) is 15.2. The van der Waals surface area contributed by atoms with Crippen LogP contribution in [0.15, 0.2) is 156 Å². The van der Waals surface area contributed by atoms with Crippen LogP contribution in [0, 0.1) is 0 Å². The molecule has 0 heterocycles. The lowest BCUT2D eigenvalue weighted by molar-refractivity contribution is 0.590. The molecule has 1 nitrogen and oxygen atoms in total. The normalized spacial score (nSPS) is 11.3. The summed E-state index contributed by atoms with van der Waals surface area (Å²) in [6, 6.07) is 54.4. The molecule has 0 aromatic heterocycles. The van der Waals surface area contributed by atoms with Crippen LogP contribution in [0.2, 0.25) is 0 Å². The summed E-state index contributed by atoms with van der Waals surface area (Å²) in [6.07, 6.45) is 0. The van der Waals surface area contributed by atoms with E-state index >= 15 is 0 Å². The van der Waals surface area contributed by atoms with E-state index in [9.17, 15) is 0 Å². The van der Waals surface area contributed by atoms with Gasteiger partial charge in [0.1, 0.15) is 0 Å². The standard InChI is InChI=1S/C40H34BrN/c1-40(2,3)33-26-34(41)28-36(27-33)42(35-24-22-30(23-25-35)29-14-7-4-8-15-29)39-37(31-16-9-5-10-17-31)20-13-21-38(39)32-18-11-6-12-19-32/h4-28H,1-3H3. The van der Waals surface area contributed by atoms with Crippen molar-refractivity contribution < 1.29 is 0 Å². The quantitative estimate of drug-likeness (QED) is 0.182. The minimum Gasteiger partial charge on any atom is -0.309 e. The molecule has 0 aliphatic heterocycles. The van der Waals surface area contributed by atoms with Gasteiger partial charge in [-0.1, -0.05) is 158 Å². The predicted molar refractivity (Wildman–Crippen MR) is 184 cm³/mol. The molecular weight excluding hydrogens is 574 g/mol. The molecule has 0 radical (unpaired) electrons. The van der Waals surface area contributed by atoms with Crippen molar-refractivity contribution in [2.75, 3.05) is 4.90 Å². The van der Waals surface area contributed by atoms with Crippen LogP contribution in [0.4, 0.5) is 17.1 Å². The summed E-state index contributed by atoms with van der Waals surface area (Å²) in [5.74, 6) is 0. The van der Waals surface area contributed by atoms with Crippen molar-refractivity contribution >= 4 is 33.0 Å². The number of benzene rings is 6.